The predicted molar refractivity (Wildman–Crippen MR) is 48.9 cm³/mol. The van der Waals surface area contributed by atoms with Gasteiger partial charge in [-0.25, -0.2) is 4.39 Å². The van der Waals surface area contributed by atoms with Gasteiger partial charge in [0.2, 0.25) is 0 Å². The quantitative estimate of drug-likeness (QED) is 0.703. The third-order valence-corrected chi connectivity index (χ3v) is 3.63. The average molecular weight is 213 g/mol. The number of rotatable bonds is 1. The lowest BCUT2D eigenvalue weighted by Gasteiger charge is -2.07. The molecule has 1 aromatic rings. The first-order valence-corrected chi connectivity index (χ1v) is 5.11. The number of aromatic amines is 1. The van der Waals surface area contributed by atoms with Crippen molar-refractivity contribution in [2.75, 3.05) is 0 Å². The second kappa shape index (κ2) is 3.27. The molecule has 0 aromatic carbocycles. The molecule has 0 bridgehead atoms. The number of nitrogens with zero attached hydrogens (tertiary/aromatic N) is 2. The van der Waals surface area contributed by atoms with Crippen molar-refractivity contribution in [1.29, 1.82) is 5.26 Å². The Morgan fingerprint density at radius 2 is 2.29 bits per heavy atom. The Balaban J connectivity index is 2.44. The summed E-state index contributed by atoms with van der Waals surface area (Å²) in [6, 6.07) is 1.86. The van der Waals surface area contributed by atoms with Gasteiger partial charge in [0.25, 0.3) is 0 Å². The molecular formula is C8H5F2N3S. The average Bonchev–Trinajstić information content (AvgIpc) is 2.75. The second-order valence-corrected chi connectivity index (χ2v) is 4.41. The van der Waals surface area contributed by atoms with Crippen molar-refractivity contribution in [3.63, 3.8) is 0 Å². The van der Waals surface area contributed by atoms with Crippen molar-refractivity contribution >= 4 is 10.9 Å². The normalized spacial score (nSPS) is 22.8. The van der Waals surface area contributed by atoms with Crippen LogP contribution in [0.1, 0.15) is 5.56 Å². The van der Waals surface area contributed by atoms with Gasteiger partial charge in [-0.3, -0.25) is 5.10 Å². The van der Waals surface area contributed by atoms with Gasteiger partial charge in [0.05, 0.1) is 0 Å². The van der Waals surface area contributed by atoms with Crippen LogP contribution >= 0.6 is 10.9 Å². The van der Waals surface area contributed by atoms with Crippen LogP contribution < -0.4 is 0 Å². The molecule has 0 spiro atoms. The summed E-state index contributed by atoms with van der Waals surface area (Å²) in [5.74, 6) is -0.872. The number of hydrogen-bond acceptors (Lipinski definition) is 2. The van der Waals surface area contributed by atoms with Crippen LogP contribution in [0.25, 0.3) is 0 Å². The zero-order valence-electron chi connectivity index (χ0n) is 6.83. The Kier molecular flexibility index (Phi) is 2.09. The highest BCUT2D eigenvalue weighted by Crippen LogP contribution is 2.51. The van der Waals surface area contributed by atoms with Crippen molar-refractivity contribution in [1.82, 2.24) is 10.2 Å². The molecule has 0 fully saturated rings. The first-order valence-electron chi connectivity index (χ1n) is 3.70. The molecule has 1 aliphatic heterocycles. The van der Waals surface area contributed by atoms with E-state index in [-0.39, 0.29) is 10.6 Å². The van der Waals surface area contributed by atoms with Gasteiger partial charge in [-0.2, -0.15) is 14.8 Å². The SMILES string of the molecule is N#Cc1c[nH]nc1[SH]1C=CC(F)=C1F. The molecule has 0 saturated carbocycles. The van der Waals surface area contributed by atoms with Crippen LogP contribution in [0.4, 0.5) is 8.78 Å². The lowest BCUT2D eigenvalue weighted by molar-refractivity contribution is 0.595. The van der Waals surface area contributed by atoms with E-state index in [0.29, 0.717) is 0 Å². The molecule has 14 heavy (non-hydrogen) atoms. The summed E-state index contributed by atoms with van der Waals surface area (Å²) in [6.45, 7) is 0. The van der Waals surface area contributed by atoms with Crippen LogP contribution in [0, 0.1) is 11.3 Å². The van der Waals surface area contributed by atoms with Crippen molar-refractivity contribution in [3.05, 3.63) is 34.2 Å². The van der Waals surface area contributed by atoms with E-state index in [1.54, 1.807) is 0 Å². The van der Waals surface area contributed by atoms with Gasteiger partial charge in [0.15, 0.2) is 11.0 Å². The number of hydrogen-bond donors (Lipinski definition) is 2. The molecule has 2 heterocycles. The lowest BCUT2D eigenvalue weighted by atomic mass is 10.4. The maximum absolute atomic E-state index is 13.2. The van der Waals surface area contributed by atoms with E-state index in [2.05, 4.69) is 10.2 Å². The van der Waals surface area contributed by atoms with Gasteiger partial charge in [-0.05, 0) is 11.5 Å². The Bertz CT molecular complexity index is 469. The van der Waals surface area contributed by atoms with Crippen LogP contribution in [0.5, 0.6) is 0 Å². The van der Waals surface area contributed by atoms with Crippen molar-refractivity contribution in [2.24, 2.45) is 0 Å². The topological polar surface area (TPSA) is 52.5 Å². The smallest absolute Gasteiger partial charge is 0.181 e. The van der Waals surface area contributed by atoms with Gasteiger partial charge in [-0.1, -0.05) is 0 Å². The van der Waals surface area contributed by atoms with Gasteiger partial charge >= 0.3 is 0 Å². The highest BCUT2D eigenvalue weighted by atomic mass is 32.2. The fourth-order valence-corrected chi connectivity index (χ4v) is 2.68. The molecule has 1 unspecified atom stereocenters. The van der Waals surface area contributed by atoms with Crippen LogP contribution in [-0.4, -0.2) is 10.2 Å². The Morgan fingerprint density at radius 1 is 1.50 bits per heavy atom. The third kappa shape index (κ3) is 1.22. The molecule has 1 N–H and O–H groups in total. The summed E-state index contributed by atoms with van der Waals surface area (Å²) in [6.07, 6.45) is 2.44. The molecular weight excluding hydrogens is 208 g/mol. The van der Waals surface area contributed by atoms with E-state index in [4.69, 9.17) is 5.26 Å². The lowest BCUT2D eigenvalue weighted by Crippen LogP contribution is -1.83. The molecule has 0 saturated heterocycles. The zero-order valence-corrected chi connectivity index (χ0v) is 7.72. The van der Waals surface area contributed by atoms with E-state index < -0.39 is 21.9 Å². The molecule has 1 aromatic heterocycles. The maximum atomic E-state index is 13.2. The summed E-state index contributed by atoms with van der Waals surface area (Å²) >= 11 is 0. The van der Waals surface area contributed by atoms with Crippen molar-refractivity contribution in [2.45, 2.75) is 5.03 Å². The molecule has 1 atom stereocenters. The largest absolute Gasteiger partial charge is 0.283 e. The van der Waals surface area contributed by atoms with E-state index in [0.717, 1.165) is 6.08 Å². The van der Waals surface area contributed by atoms with Gasteiger partial charge < -0.3 is 0 Å². The van der Waals surface area contributed by atoms with Gasteiger partial charge in [0.1, 0.15) is 16.7 Å². The van der Waals surface area contributed by atoms with Crippen molar-refractivity contribution < 1.29 is 8.78 Å². The summed E-state index contributed by atoms with van der Waals surface area (Å²) < 4.78 is 25.9. The number of halogens is 2. The molecule has 0 aliphatic carbocycles. The fraction of sp³-hybridized carbons (Fsp3) is 0. The number of allylic oxidation sites excluding steroid dienone is 2. The predicted octanol–water partition coefficient (Wildman–Crippen LogP) is 2.28. The molecule has 2 rings (SSSR count). The first-order chi connectivity index (χ1) is 6.74. The summed E-state index contributed by atoms with van der Waals surface area (Å²) in [5, 5.41) is 15.7. The Morgan fingerprint density at radius 3 is 2.86 bits per heavy atom. The van der Waals surface area contributed by atoms with E-state index in [9.17, 15) is 8.78 Å². The zero-order chi connectivity index (χ0) is 10.1. The summed E-state index contributed by atoms with van der Waals surface area (Å²) in [5.41, 5.74) is 0.255. The maximum Gasteiger partial charge on any atom is 0.181 e. The number of nitriles is 1. The first kappa shape index (κ1) is 8.97. The minimum Gasteiger partial charge on any atom is -0.283 e. The molecule has 1 aliphatic rings. The minimum absolute atomic E-state index is 0.255. The van der Waals surface area contributed by atoms with E-state index >= 15 is 0 Å². The highest BCUT2D eigenvalue weighted by molar-refractivity contribution is 8.23. The monoisotopic (exact) mass is 213 g/mol. The number of thiol groups is 1. The number of H-pyrrole nitrogens is 1. The fourth-order valence-electron chi connectivity index (χ4n) is 1.10. The minimum atomic E-state index is -1.54. The molecule has 3 nitrogen and oxygen atoms in total. The molecule has 72 valence electrons. The van der Waals surface area contributed by atoms with Crippen LogP contribution in [0.3, 0.4) is 0 Å². The number of nitrogens with one attached hydrogen (secondary N) is 1. The number of aromatic nitrogens is 2. The van der Waals surface area contributed by atoms with Gasteiger partial charge in [-0.15, -0.1) is 10.9 Å². The summed E-state index contributed by atoms with van der Waals surface area (Å²) in [4.78, 5) is 0. The van der Waals surface area contributed by atoms with E-state index in [1.807, 2.05) is 6.07 Å². The molecule has 0 radical (unpaired) electrons. The Labute approximate surface area is 81.1 Å². The van der Waals surface area contributed by atoms with Crippen molar-refractivity contribution in [3.8, 4) is 6.07 Å². The second-order valence-electron chi connectivity index (χ2n) is 2.56. The highest BCUT2D eigenvalue weighted by Gasteiger charge is 2.23. The van der Waals surface area contributed by atoms with Crippen LogP contribution in [0.15, 0.2) is 33.7 Å². The van der Waals surface area contributed by atoms with Crippen LogP contribution in [0.2, 0.25) is 0 Å². The molecule has 6 heteroatoms. The third-order valence-electron chi connectivity index (χ3n) is 1.75. The van der Waals surface area contributed by atoms with Gasteiger partial charge in [0, 0.05) is 6.20 Å². The molecule has 0 amide bonds. The Hall–Kier alpha value is -1.61. The van der Waals surface area contributed by atoms with E-state index in [1.165, 1.54) is 11.6 Å². The standard InChI is InChI=1S/C8H5F2N3S/c9-6-1-2-14(7(6)10)8-5(3-11)4-12-13-8/h1-2,4,14H,(H,12,13). The summed E-state index contributed by atoms with van der Waals surface area (Å²) in [7, 11) is -1.54. The van der Waals surface area contributed by atoms with Crippen LogP contribution in [-0.2, 0) is 0 Å².